The van der Waals surface area contributed by atoms with Gasteiger partial charge in [-0.15, -0.1) is 0 Å². The van der Waals surface area contributed by atoms with Crippen LogP contribution in [0, 0.1) is 21.4 Å². The van der Waals surface area contributed by atoms with Gasteiger partial charge in [-0.05, 0) is 18.6 Å². The SMILES string of the molecule is N#Cc1cc(N2CCCN(CC(F)(F)F)CC2)nc2ccc([N+](=O)[O-])cc12. The molecule has 27 heavy (non-hydrogen) atoms. The van der Waals surface area contributed by atoms with Crippen molar-refractivity contribution in [3.63, 3.8) is 0 Å². The van der Waals surface area contributed by atoms with Crippen LogP contribution in [0.1, 0.15) is 12.0 Å². The van der Waals surface area contributed by atoms with Gasteiger partial charge in [0, 0.05) is 43.7 Å². The molecule has 0 amide bonds. The summed E-state index contributed by atoms with van der Waals surface area (Å²) in [7, 11) is 0. The third kappa shape index (κ3) is 4.43. The number of halogens is 3. The number of nitrogens with zero attached hydrogens (tertiary/aromatic N) is 5. The van der Waals surface area contributed by atoms with Crippen molar-refractivity contribution in [2.24, 2.45) is 0 Å². The monoisotopic (exact) mass is 379 g/mol. The molecule has 2 aromatic rings. The fraction of sp³-hybridized carbons (Fsp3) is 0.412. The van der Waals surface area contributed by atoms with Gasteiger partial charge in [-0.2, -0.15) is 18.4 Å². The first-order chi connectivity index (χ1) is 12.8. The number of rotatable bonds is 3. The zero-order valence-corrected chi connectivity index (χ0v) is 14.2. The summed E-state index contributed by atoms with van der Waals surface area (Å²) in [6.45, 7) is 0.499. The maximum atomic E-state index is 12.6. The molecule has 1 aliphatic heterocycles. The molecule has 7 nitrogen and oxygen atoms in total. The Labute approximate surface area is 152 Å². The third-order valence-corrected chi connectivity index (χ3v) is 4.43. The topological polar surface area (TPSA) is 86.3 Å². The maximum Gasteiger partial charge on any atom is 0.401 e. The average molecular weight is 379 g/mol. The summed E-state index contributed by atoms with van der Waals surface area (Å²) in [5.41, 5.74) is 0.548. The molecule has 1 fully saturated rings. The lowest BCUT2D eigenvalue weighted by atomic mass is 10.1. The zero-order chi connectivity index (χ0) is 19.6. The Hall–Kier alpha value is -2.93. The maximum absolute atomic E-state index is 12.6. The minimum Gasteiger partial charge on any atom is -0.355 e. The predicted molar refractivity (Wildman–Crippen MR) is 92.4 cm³/mol. The molecule has 142 valence electrons. The quantitative estimate of drug-likeness (QED) is 0.602. The van der Waals surface area contributed by atoms with E-state index in [0.717, 1.165) is 0 Å². The average Bonchev–Trinajstić information content (AvgIpc) is 2.84. The lowest BCUT2D eigenvalue weighted by Crippen LogP contribution is -2.37. The van der Waals surface area contributed by atoms with Gasteiger partial charge in [-0.3, -0.25) is 15.0 Å². The molecule has 0 aliphatic carbocycles. The molecular weight excluding hydrogens is 363 g/mol. The van der Waals surface area contributed by atoms with Gasteiger partial charge in [0.25, 0.3) is 5.69 Å². The van der Waals surface area contributed by atoms with Crippen molar-refractivity contribution in [3.8, 4) is 6.07 Å². The normalized spacial score (nSPS) is 16.1. The lowest BCUT2D eigenvalue weighted by Gasteiger charge is -2.23. The second-order valence-corrected chi connectivity index (χ2v) is 6.33. The summed E-state index contributed by atoms with van der Waals surface area (Å²) >= 11 is 0. The molecule has 2 heterocycles. The van der Waals surface area contributed by atoms with E-state index >= 15 is 0 Å². The fourth-order valence-corrected chi connectivity index (χ4v) is 3.18. The van der Waals surface area contributed by atoms with E-state index in [1.54, 1.807) is 0 Å². The van der Waals surface area contributed by atoms with Crippen LogP contribution in [0.2, 0.25) is 0 Å². The van der Waals surface area contributed by atoms with Crippen LogP contribution in [0.25, 0.3) is 10.9 Å². The van der Waals surface area contributed by atoms with Crippen LogP contribution in [0.15, 0.2) is 24.3 Å². The van der Waals surface area contributed by atoms with Crippen LogP contribution in [-0.2, 0) is 0 Å². The number of hydrogen-bond acceptors (Lipinski definition) is 6. The first kappa shape index (κ1) is 18.8. The Kier molecular flexibility index (Phi) is 5.14. The Bertz CT molecular complexity index is 910. The molecule has 1 aromatic carbocycles. The molecular formula is C17H16F3N5O2. The van der Waals surface area contributed by atoms with E-state index in [1.165, 1.54) is 29.2 Å². The molecule has 0 saturated carbocycles. The van der Waals surface area contributed by atoms with Crippen molar-refractivity contribution >= 4 is 22.4 Å². The van der Waals surface area contributed by atoms with Gasteiger partial charge in [0.15, 0.2) is 0 Å². The highest BCUT2D eigenvalue weighted by Gasteiger charge is 2.31. The van der Waals surface area contributed by atoms with E-state index in [0.29, 0.717) is 42.8 Å². The van der Waals surface area contributed by atoms with E-state index in [-0.39, 0.29) is 17.8 Å². The fourth-order valence-electron chi connectivity index (χ4n) is 3.18. The van der Waals surface area contributed by atoms with E-state index in [9.17, 15) is 28.5 Å². The first-order valence-electron chi connectivity index (χ1n) is 8.30. The molecule has 10 heteroatoms. The Balaban J connectivity index is 1.87. The number of nitriles is 1. The summed E-state index contributed by atoms with van der Waals surface area (Å²) in [5.74, 6) is 0.488. The van der Waals surface area contributed by atoms with Crippen LogP contribution in [0.4, 0.5) is 24.7 Å². The summed E-state index contributed by atoms with van der Waals surface area (Å²) in [5, 5.41) is 20.7. The Morgan fingerprint density at radius 1 is 1.22 bits per heavy atom. The molecule has 1 saturated heterocycles. The third-order valence-electron chi connectivity index (χ3n) is 4.43. The summed E-state index contributed by atoms with van der Waals surface area (Å²) < 4.78 is 37.8. The van der Waals surface area contributed by atoms with Crippen molar-refractivity contribution < 1.29 is 18.1 Å². The number of alkyl halides is 3. The van der Waals surface area contributed by atoms with Gasteiger partial charge >= 0.3 is 6.18 Å². The number of pyridine rings is 1. The van der Waals surface area contributed by atoms with E-state index < -0.39 is 17.6 Å². The van der Waals surface area contributed by atoms with E-state index in [1.807, 2.05) is 11.0 Å². The van der Waals surface area contributed by atoms with E-state index in [4.69, 9.17) is 0 Å². The highest BCUT2D eigenvalue weighted by molar-refractivity contribution is 5.88. The van der Waals surface area contributed by atoms with Crippen LogP contribution in [-0.4, -0.2) is 53.7 Å². The number of anilines is 1. The van der Waals surface area contributed by atoms with Crippen LogP contribution >= 0.6 is 0 Å². The molecule has 0 atom stereocenters. The van der Waals surface area contributed by atoms with Crippen LogP contribution in [0.3, 0.4) is 0 Å². The first-order valence-corrected chi connectivity index (χ1v) is 8.30. The summed E-state index contributed by atoms with van der Waals surface area (Å²) in [4.78, 5) is 18.1. The van der Waals surface area contributed by atoms with Crippen LogP contribution < -0.4 is 4.90 Å². The Morgan fingerprint density at radius 2 is 2.00 bits per heavy atom. The highest BCUT2D eigenvalue weighted by Crippen LogP contribution is 2.27. The number of non-ortho nitro benzene ring substituents is 1. The van der Waals surface area contributed by atoms with Crippen molar-refractivity contribution in [2.45, 2.75) is 12.6 Å². The summed E-state index contributed by atoms with van der Waals surface area (Å²) in [6, 6.07) is 7.65. The number of benzene rings is 1. The predicted octanol–water partition coefficient (Wildman–Crippen LogP) is 3.09. The minimum atomic E-state index is -4.24. The van der Waals surface area contributed by atoms with Crippen molar-refractivity contribution in [1.29, 1.82) is 5.26 Å². The molecule has 0 radical (unpaired) electrons. The number of aromatic nitrogens is 1. The van der Waals surface area contributed by atoms with Gasteiger partial charge < -0.3 is 4.90 Å². The zero-order valence-electron chi connectivity index (χ0n) is 14.2. The van der Waals surface area contributed by atoms with Gasteiger partial charge in [0.2, 0.25) is 0 Å². The van der Waals surface area contributed by atoms with Gasteiger partial charge in [-0.25, -0.2) is 4.98 Å². The molecule has 0 unspecified atom stereocenters. The van der Waals surface area contributed by atoms with Crippen molar-refractivity contribution in [3.05, 3.63) is 39.9 Å². The number of hydrogen-bond donors (Lipinski definition) is 0. The second-order valence-electron chi connectivity index (χ2n) is 6.33. The number of nitro groups is 1. The molecule has 0 N–H and O–H groups in total. The molecule has 0 bridgehead atoms. The largest absolute Gasteiger partial charge is 0.401 e. The van der Waals surface area contributed by atoms with Gasteiger partial charge in [-0.1, -0.05) is 0 Å². The highest BCUT2D eigenvalue weighted by atomic mass is 19.4. The number of fused-ring (bicyclic) bond motifs is 1. The van der Waals surface area contributed by atoms with E-state index in [2.05, 4.69) is 4.98 Å². The lowest BCUT2D eigenvalue weighted by molar-refractivity contribution is -0.384. The van der Waals surface area contributed by atoms with Gasteiger partial charge in [0.1, 0.15) is 5.82 Å². The summed E-state index contributed by atoms with van der Waals surface area (Å²) in [6.07, 6.45) is -3.70. The molecule has 1 aliphatic rings. The molecule has 3 rings (SSSR count). The smallest absolute Gasteiger partial charge is 0.355 e. The van der Waals surface area contributed by atoms with Crippen LogP contribution in [0.5, 0.6) is 0 Å². The van der Waals surface area contributed by atoms with Gasteiger partial charge in [0.05, 0.1) is 28.6 Å². The molecule has 0 spiro atoms. The minimum absolute atomic E-state index is 0.133. The van der Waals surface area contributed by atoms with Crippen molar-refractivity contribution in [2.75, 3.05) is 37.6 Å². The Morgan fingerprint density at radius 3 is 2.67 bits per heavy atom. The number of nitro benzene ring substituents is 1. The molecule has 1 aromatic heterocycles. The second kappa shape index (κ2) is 7.36. The standard InChI is InChI=1S/C17H16F3N5O2/c18-17(19,20)11-23-4-1-5-24(7-6-23)16-8-12(10-21)14-9-13(25(26)27)2-3-15(14)22-16/h2-3,8-9H,1,4-7,11H2. The van der Waals surface area contributed by atoms with Crippen molar-refractivity contribution in [1.82, 2.24) is 9.88 Å².